The molecule has 1 aliphatic rings. The Hall–Kier alpha value is -2.05. The lowest BCUT2D eigenvalue weighted by atomic mass is 10.1. The van der Waals surface area contributed by atoms with Crippen LogP contribution in [0, 0.1) is 6.92 Å². The van der Waals surface area contributed by atoms with Crippen LogP contribution in [0.15, 0.2) is 6.07 Å². The van der Waals surface area contributed by atoms with E-state index in [9.17, 15) is 9.59 Å². The fourth-order valence-corrected chi connectivity index (χ4v) is 2.35. The number of rotatable bonds is 3. The minimum absolute atomic E-state index is 0.0745. The lowest BCUT2D eigenvalue weighted by molar-refractivity contribution is 0.0856. The molecule has 0 aromatic carbocycles. The molecule has 0 bridgehead atoms. The SMILES string of the molecule is CCOC(=O)N1CCC(NC(=O)c2cc(C)n(C)n2)CC1. The van der Waals surface area contributed by atoms with Gasteiger partial charge in [0.2, 0.25) is 0 Å². The van der Waals surface area contributed by atoms with Crippen LogP contribution in [0.25, 0.3) is 0 Å². The van der Waals surface area contributed by atoms with E-state index in [0.29, 0.717) is 25.4 Å². The molecule has 0 spiro atoms. The zero-order valence-electron chi connectivity index (χ0n) is 12.8. The van der Waals surface area contributed by atoms with Gasteiger partial charge in [-0.1, -0.05) is 0 Å². The summed E-state index contributed by atoms with van der Waals surface area (Å²) in [6.45, 7) is 5.28. The van der Waals surface area contributed by atoms with Gasteiger partial charge in [0.05, 0.1) is 6.61 Å². The molecule has 2 amide bonds. The molecule has 0 radical (unpaired) electrons. The van der Waals surface area contributed by atoms with Crippen LogP contribution < -0.4 is 5.32 Å². The van der Waals surface area contributed by atoms with E-state index >= 15 is 0 Å². The van der Waals surface area contributed by atoms with Gasteiger partial charge < -0.3 is 15.0 Å². The van der Waals surface area contributed by atoms with Gasteiger partial charge in [-0.2, -0.15) is 5.10 Å². The normalized spacial score (nSPS) is 15.9. The Morgan fingerprint density at radius 1 is 1.43 bits per heavy atom. The lowest BCUT2D eigenvalue weighted by Gasteiger charge is -2.31. The van der Waals surface area contributed by atoms with Gasteiger partial charge in [0.25, 0.3) is 5.91 Å². The molecule has 1 aromatic rings. The minimum Gasteiger partial charge on any atom is -0.450 e. The monoisotopic (exact) mass is 294 g/mol. The first-order valence-electron chi connectivity index (χ1n) is 7.24. The number of hydrogen-bond acceptors (Lipinski definition) is 4. The number of nitrogens with zero attached hydrogens (tertiary/aromatic N) is 3. The van der Waals surface area contributed by atoms with Gasteiger partial charge >= 0.3 is 6.09 Å². The fraction of sp³-hybridized carbons (Fsp3) is 0.643. The Labute approximate surface area is 124 Å². The molecule has 2 heterocycles. The van der Waals surface area contributed by atoms with Crippen LogP contribution in [0.4, 0.5) is 4.79 Å². The number of nitrogens with one attached hydrogen (secondary N) is 1. The van der Waals surface area contributed by atoms with E-state index in [0.717, 1.165) is 18.5 Å². The Kier molecular flexibility index (Phi) is 4.82. The second-order valence-electron chi connectivity index (χ2n) is 5.23. The van der Waals surface area contributed by atoms with E-state index in [1.165, 1.54) is 0 Å². The Balaban J connectivity index is 1.83. The van der Waals surface area contributed by atoms with Crippen molar-refractivity contribution in [3.8, 4) is 0 Å². The van der Waals surface area contributed by atoms with Crippen molar-refractivity contribution >= 4 is 12.0 Å². The van der Waals surface area contributed by atoms with Gasteiger partial charge in [-0.3, -0.25) is 9.48 Å². The van der Waals surface area contributed by atoms with E-state index in [1.54, 1.807) is 22.6 Å². The zero-order chi connectivity index (χ0) is 15.4. The molecule has 7 heteroatoms. The van der Waals surface area contributed by atoms with Crippen LogP contribution in [-0.4, -0.2) is 52.4 Å². The first-order chi connectivity index (χ1) is 10.0. The van der Waals surface area contributed by atoms with Gasteiger partial charge in [-0.15, -0.1) is 0 Å². The Bertz CT molecular complexity index is 499. The van der Waals surface area contributed by atoms with Gasteiger partial charge in [0, 0.05) is 31.9 Å². The summed E-state index contributed by atoms with van der Waals surface area (Å²) in [6, 6.07) is 1.84. The number of carbonyl (C=O) groups excluding carboxylic acids is 2. The van der Waals surface area contributed by atoms with Crippen LogP contribution >= 0.6 is 0 Å². The first-order valence-corrected chi connectivity index (χ1v) is 7.24. The highest BCUT2D eigenvalue weighted by Crippen LogP contribution is 2.12. The minimum atomic E-state index is -0.275. The van der Waals surface area contributed by atoms with E-state index in [1.807, 2.05) is 14.0 Å². The number of hydrogen-bond donors (Lipinski definition) is 1. The van der Waals surface area contributed by atoms with Gasteiger partial charge in [0.15, 0.2) is 0 Å². The largest absolute Gasteiger partial charge is 0.450 e. The standard InChI is InChI=1S/C14H22N4O3/c1-4-21-14(20)18-7-5-11(6-8-18)15-13(19)12-9-10(2)17(3)16-12/h9,11H,4-8H2,1-3H3,(H,15,19). The average Bonchev–Trinajstić information content (AvgIpc) is 2.80. The van der Waals surface area contributed by atoms with Crippen molar-refractivity contribution < 1.29 is 14.3 Å². The van der Waals surface area contributed by atoms with E-state index < -0.39 is 0 Å². The van der Waals surface area contributed by atoms with Crippen molar-refractivity contribution in [2.45, 2.75) is 32.7 Å². The molecular formula is C14H22N4O3. The lowest BCUT2D eigenvalue weighted by Crippen LogP contribution is -2.46. The van der Waals surface area contributed by atoms with E-state index in [4.69, 9.17) is 4.74 Å². The Morgan fingerprint density at radius 3 is 2.62 bits per heavy atom. The summed E-state index contributed by atoms with van der Waals surface area (Å²) in [4.78, 5) is 25.4. The maximum Gasteiger partial charge on any atom is 0.409 e. The highest BCUT2D eigenvalue weighted by molar-refractivity contribution is 5.92. The molecule has 0 saturated carbocycles. The molecule has 1 fully saturated rings. The highest BCUT2D eigenvalue weighted by atomic mass is 16.6. The molecule has 1 N–H and O–H groups in total. The molecule has 1 aromatic heterocycles. The number of likely N-dealkylation sites (tertiary alicyclic amines) is 1. The smallest absolute Gasteiger partial charge is 0.409 e. The summed E-state index contributed by atoms with van der Waals surface area (Å²) >= 11 is 0. The Morgan fingerprint density at radius 2 is 2.10 bits per heavy atom. The van der Waals surface area contributed by atoms with Crippen LogP contribution in [0.3, 0.4) is 0 Å². The van der Waals surface area contributed by atoms with Crippen molar-refractivity contribution in [3.63, 3.8) is 0 Å². The first kappa shape index (κ1) is 15.3. The van der Waals surface area contributed by atoms with Crippen molar-refractivity contribution in [2.24, 2.45) is 7.05 Å². The summed E-state index contributed by atoms with van der Waals surface area (Å²) in [5.74, 6) is -0.159. The maximum absolute atomic E-state index is 12.1. The van der Waals surface area contributed by atoms with Gasteiger partial charge in [-0.25, -0.2) is 4.79 Å². The third-order valence-electron chi connectivity index (χ3n) is 3.70. The maximum atomic E-state index is 12.1. The van der Waals surface area contributed by atoms with Crippen molar-refractivity contribution in [2.75, 3.05) is 19.7 Å². The van der Waals surface area contributed by atoms with E-state index in [2.05, 4.69) is 10.4 Å². The molecule has 2 rings (SSSR count). The third-order valence-corrected chi connectivity index (χ3v) is 3.70. The number of aryl methyl sites for hydroxylation is 2. The molecule has 7 nitrogen and oxygen atoms in total. The molecule has 21 heavy (non-hydrogen) atoms. The molecule has 0 atom stereocenters. The topological polar surface area (TPSA) is 76.5 Å². The summed E-state index contributed by atoms with van der Waals surface area (Å²) in [7, 11) is 1.81. The van der Waals surface area contributed by atoms with Crippen molar-refractivity contribution in [3.05, 3.63) is 17.5 Å². The predicted octanol–water partition coefficient (Wildman–Crippen LogP) is 1.08. The van der Waals surface area contributed by atoms with Crippen LogP contribution in [0.5, 0.6) is 0 Å². The van der Waals surface area contributed by atoms with Crippen LogP contribution in [0.2, 0.25) is 0 Å². The molecule has 116 valence electrons. The molecular weight excluding hydrogens is 272 g/mol. The quantitative estimate of drug-likeness (QED) is 0.905. The van der Waals surface area contributed by atoms with Gasteiger partial charge in [-0.05, 0) is 32.8 Å². The van der Waals surface area contributed by atoms with Crippen molar-refractivity contribution in [1.82, 2.24) is 20.0 Å². The fourth-order valence-electron chi connectivity index (χ4n) is 2.35. The van der Waals surface area contributed by atoms with Crippen LogP contribution in [-0.2, 0) is 11.8 Å². The van der Waals surface area contributed by atoms with Crippen molar-refractivity contribution in [1.29, 1.82) is 0 Å². The zero-order valence-corrected chi connectivity index (χ0v) is 12.8. The number of ether oxygens (including phenoxy) is 1. The number of piperidine rings is 1. The summed E-state index contributed by atoms with van der Waals surface area (Å²) < 4.78 is 6.65. The second-order valence-corrected chi connectivity index (χ2v) is 5.23. The molecule has 0 aliphatic carbocycles. The highest BCUT2D eigenvalue weighted by Gasteiger charge is 2.25. The van der Waals surface area contributed by atoms with Crippen LogP contribution in [0.1, 0.15) is 35.9 Å². The average molecular weight is 294 g/mol. The molecule has 1 saturated heterocycles. The summed E-state index contributed by atoms with van der Waals surface area (Å²) in [5.41, 5.74) is 1.38. The number of aromatic nitrogens is 2. The molecule has 1 aliphatic heterocycles. The summed E-state index contributed by atoms with van der Waals surface area (Å²) in [5, 5.41) is 7.14. The number of carbonyl (C=O) groups is 2. The molecule has 0 unspecified atom stereocenters. The predicted molar refractivity (Wildman–Crippen MR) is 77.0 cm³/mol. The van der Waals surface area contributed by atoms with Gasteiger partial charge in [0.1, 0.15) is 5.69 Å². The van der Waals surface area contributed by atoms with E-state index in [-0.39, 0.29) is 18.0 Å². The third kappa shape index (κ3) is 3.74. The number of amides is 2. The second kappa shape index (κ2) is 6.60. The summed E-state index contributed by atoms with van der Waals surface area (Å²) in [6.07, 6.45) is 1.19.